The molecule has 5 nitrogen and oxygen atoms in total. The van der Waals surface area contributed by atoms with E-state index in [1.165, 1.54) is 12.3 Å². The van der Waals surface area contributed by atoms with E-state index in [1.54, 1.807) is 30.3 Å². The van der Waals surface area contributed by atoms with Crippen LogP contribution in [0.25, 0.3) is 0 Å². The normalized spacial score (nSPS) is 10.2. The molecule has 0 saturated heterocycles. The van der Waals surface area contributed by atoms with Crippen molar-refractivity contribution in [2.75, 3.05) is 11.9 Å². The molecule has 0 aliphatic heterocycles. The number of hydrogen-bond donors (Lipinski definition) is 2. The van der Waals surface area contributed by atoms with Crippen molar-refractivity contribution in [3.63, 3.8) is 0 Å². The smallest absolute Gasteiger partial charge is 0.274 e. The lowest BCUT2D eigenvalue weighted by Gasteiger charge is -2.07. The van der Waals surface area contributed by atoms with Crippen LogP contribution in [-0.4, -0.2) is 23.3 Å². The van der Waals surface area contributed by atoms with Gasteiger partial charge < -0.3 is 10.6 Å². The Bertz CT molecular complexity index is 704. The summed E-state index contributed by atoms with van der Waals surface area (Å²) in [6, 6.07) is 9.88. The third-order valence-corrected chi connectivity index (χ3v) is 3.39. The van der Waals surface area contributed by atoms with E-state index in [0.29, 0.717) is 22.8 Å². The molecule has 0 saturated carbocycles. The second-order valence-electron chi connectivity index (χ2n) is 5.00. The molecule has 0 fully saturated rings. The molecule has 23 heavy (non-hydrogen) atoms. The van der Waals surface area contributed by atoms with Crippen LogP contribution in [0.15, 0.2) is 42.6 Å². The zero-order valence-corrected chi connectivity index (χ0v) is 13.6. The summed E-state index contributed by atoms with van der Waals surface area (Å²) in [6.07, 6.45) is 3.37. The van der Waals surface area contributed by atoms with Crippen molar-refractivity contribution in [2.45, 2.75) is 19.8 Å². The van der Waals surface area contributed by atoms with Gasteiger partial charge in [-0.25, -0.2) is 0 Å². The first-order chi connectivity index (χ1) is 11.1. The van der Waals surface area contributed by atoms with Crippen LogP contribution in [0.1, 0.15) is 40.6 Å². The summed E-state index contributed by atoms with van der Waals surface area (Å²) < 4.78 is 0. The molecule has 2 amide bonds. The Morgan fingerprint density at radius 1 is 1.17 bits per heavy atom. The second kappa shape index (κ2) is 8.29. The van der Waals surface area contributed by atoms with Crippen LogP contribution in [-0.2, 0) is 0 Å². The zero-order chi connectivity index (χ0) is 16.7. The molecule has 0 aliphatic carbocycles. The Hall–Kier alpha value is -2.40. The van der Waals surface area contributed by atoms with Crippen LogP contribution in [0.4, 0.5) is 5.69 Å². The van der Waals surface area contributed by atoms with E-state index in [0.717, 1.165) is 12.8 Å². The highest BCUT2D eigenvalue weighted by molar-refractivity contribution is 6.30. The maximum Gasteiger partial charge on any atom is 0.274 e. The average molecular weight is 332 g/mol. The van der Waals surface area contributed by atoms with E-state index in [1.807, 2.05) is 0 Å². The minimum atomic E-state index is -0.393. The van der Waals surface area contributed by atoms with Crippen LogP contribution < -0.4 is 10.6 Å². The van der Waals surface area contributed by atoms with Crippen LogP contribution >= 0.6 is 11.6 Å². The average Bonchev–Trinajstić information content (AvgIpc) is 2.55. The van der Waals surface area contributed by atoms with Gasteiger partial charge in [0.2, 0.25) is 0 Å². The van der Waals surface area contributed by atoms with Crippen molar-refractivity contribution in [1.29, 1.82) is 0 Å². The van der Waals surface area contributed by atoms with Gasteiger partial charge in [0.1, 0.15) is 5.69 Å². The molecule has 2 N–H and O–H groups in total. The maximum absolute atomic E-state index is 12.2. The molecule has 0 radical (unpaired) electrons. The number of rotatable bonds is 6. The first-order valence-corrected chi connectivity index (χ1v) is 7.79. The van der Waals surface area contributed by atoms with Crippen molar-refractivity contribution < 1.29 is 9.59 Å². The topological polar surface area (TPSA) is 71.1 Å². The summed E-state index contributed by atoms with van der Waals surface area (Å²) >= 11 is 5.88. The third kappa shape index (κ3) is 5.07. The number of halogens is 1. The van der Waals surface area contributed by atoms with Crippen molar-refractivity contribution in [3.8, 4) is 0 Å². The molecular formula is C17H18ClN3O2. The monoisotopic (exact) mass is 331 g/mol. The molecule has 1 heterocycles. The van der Waals surface area contributed by atoms with Gasteiger partial charge in [-0.1, -0.05) is 31.0 Å². The summed E-state index contributed by atoms with van der Waals surface area (Å²) in [7, 11) is 0. The van der Waals surface area contributed by atoms with Crippen LogP contribution in [0.5, 0.6) is 0 Å². The number of hydrogen-bond acceptors (Lipinski definition) is 3. The molecule has 0 unspecified atom stereocenters. The summed E-state index contributed by atoms with van der Waals surface area (Å²) in [5, 5.41) is 6.03. The third-order valence-electron chi connectivity index (χ3n) is 3.15. The fourth-order valence-electron chi connectivity index (χ4n) is 1.94. The molecule has 120 valence electrons. The highest BCUT2D eigenvalue weighted by atomic mass is 35.5. The summed E-state index contributed by atoms with van der Waals surface area (Å²) in [5.74, 6) is -0.604. The summed E-state index contributed by atoms with van der Waals surface area (Å²) in [4.78, 5) is 28.2. The lowest BCUT2D eigenvalue weighted by molar-refractivity contribution is 0.0953. The van der Waals surface area contributed by atoms with Gasteiger partial charge in [-0.3, -0.25) is 14.6 Å². The summed E-state index contributed by atoms with van der Waals surface area (Å²) in [6.45, 7) is 2.67. The van der Waals surface area contributed by atoms with Crippen LogP contribution in [0.2, 0.25) is 5.02 Å². The molecular weight excluding hydrogens is 314 g/mol. The molecule has 6 heteroatoms. The Kier molecular flexibility index (Phi) is 6.11. The van der Waals surface area contributed by atoms with Gasteiger partial charge in [0.15, 0.2) is 0 Å². The number of nitrogens with one attached hydrogen (secondary N) is 2. The predicted molar refractivity (Wildman–Crippen MR) is 90.9 cm³/mol. The number of nitrogens with zero attached hydrogens (tertiary/aromatic N) is 1. The Labute approximate surface area is 140 Å². The number of anilines is 1. The molecule has 0 atom stereocenters. The van der Waals surface area contributed by atoms with E-state index < -0.39 is 5.91 Å². The fraction of sp³-hybridized carbons (Fsp3) is 0.235. The molecule has 0 spiro atoms. The predicted octanol–water partition coefficient (Wildman–Crippen LogP) is 3.52. The zero-order valence-electron chi connectivity index (χ0n) is 12.8. The Balaban J connectivity index is 2.06. The number of benzene rings is 1. The van der Waals surface area contributed by atoms with Crippen molar-refractivity contribution in [2.24, 2.45) is 0 Å². The van der Waals surface area contributed by atoms with Crippen LogP contribution in [0, 0.1) is 0 Å². The van der Waals surface area contributed by atoms with Gasteiger partial charge in [0.25, 0.3) is 11.8 Å². The van der Waals surface area contributed by atoms with Gasteiger partial charge >= 0.3 is 0 Å². The van der Waals surface area contributed by atoms with E-state index in [2.05, 4.69) is 22.5 Å². The van der Waals surface area contributed by atoms with Crippen molar-refractivity contribution in [1.82, 2.24) is 10.3 Å². The van der Waals surface area contributed by atoms with Crippen molar-refractivity contribution in [3.05, 3.63) is 58.9 Å². The van der Waals surface area contributed by atoms with E-state index in [9.17, 15) is 9.59 Å². The van der Waals surface area contributed by atoms with Gasteiger partial charge in [0, 0.05) is 29.0 Å². The number of pyridine rings is 1. The van der Waals surface area contributed by atoms with Crippen LogP contribution in [0.3, 0.4) is 0 Å². The highest BCUT2D eigenvalue weighted by Gasteiger charge is 2.12. The number of carbonyl (C=O) groups excluding carboxylic acids is 2. The lowest BCUT2D eigenvalue weighted by atomic mass is 10.2. The largest absolute Gasteiger partial charge is 0.352 e. The van der Waals surface area contributed by atoms with E-state index in [4.69, 9.17) is 11.6 Å². The molecule has 2 rings (SSSR count). The van der Waals surface area contributed by atoms with E-state index in [-0.39, 0.29) is 11.6 Å². The van der Waals surface area contributed by atoms with Gasteiger partial charge in [-0.15, -0.1) is 0 Å². The molecule has 0 aliphatic rings. The highest BCUT2D eigenvalue weighted by Crippen LogP contribution is 2.15. The minimum Gasteiger partial charge on any atom is -0.352 e. The number of amides is 2. The molecule has 2 aromatic rings. The minimum absolute atomic E-state index is 0.174. The number of aromatic nitrogens is 1. The molecule has 1 aromatic heterocycles. The Morgan fingerprint density at radius 3 is 2.74 bits per heavy atom. The quantitative estimate of drug-likeness (QED) is 0.796. The first kappa shape index (κ1) is 17.0. The second-order valence-corrected chi connectivity index (χ2v) is 5.44. The van der Waals surface area contributed by atoms with Gasteiger partial charge in [0.05, 0.1) is 0 Å². The number of unbranched alkanes of at least 4 members (excludes halogenated alkanes) is 1. The van der Waals surface area contributed by atoms with Crippen molar-refractivity contribution >= 4 is 29.1 Å². The molecule has 1 aromatic carbocycles. The first-order valence-electron chi connectivity index (χ1n) is 7.41. The number of carbonyl (C=O) groups is 2. The maximum atomic E-state index is 12.2. The Morgan fingerprint density at radius 2 is 2.00 bits per heavy atom. The fourth-order valence-corrected chi connectivity index (χ4v) is 2.13. The van der Waals surface area contributed by atoms with Gasteiger partial charge in [-0.2, -0.15) is 0 Å². The standard InChI is InChI=1S/C17H18ClN3O2/c1-2-3-8-20-16(22)12-7-9-19-15(10-12)17(23)21-14-6-4-5-13(18)11-14/h4-7,9-11H,2-3,8H2,1H3,(H,20,22)(H,21,23). The van der Waals surface area contributed by atoms with E-state index >= 15 is 0 Å². The molecule has 0 bridgehead atoms. The lowest BCUT2D eigenvalue weighted by Crippen LogP contribution is -2.25. The van der Waals surface area contributed by atoms with Gasteiger partial charge in [-0.05, 0) is 36.8 Å². The summed E-state index contributed by atoms with van der Waals surface area (Å²) in [5.41, 5.74) is 1.16. The SMILES string of the molecule is CCCCNC(=O)c1ccnc(C(=O)Nc2cccc(Cl)c2)c1.